The fraction of sp³-hybridized carbons (Fsp3) is 0.0625. The zero-order chi connectivity index (χ0) is 13.0. The Morgan fingerprint density at radius 2 is 1.79 bits per heavy atom. The van der Waals surface area contributed by atoms with E-state index < -0.39 is 0 Å². The summed E-state index contributed by atoms with van der Waals surface area (Å²) in [6.45, 7) is 2.18. The summed E-state index contributed by atoms with van der Waals surface area (Å²) in [5.74, 6) is 0. The molecule has 0 spiro atoms. The van der Waals surface area contributed by atoms with Crippen molar-refractivity contribution in [3.63, 3.8) is 0 Å². The highest BCUT2D eigenvalue weighted by molar-refractivity contribution is 14.1. The molecule has 0 bridgehead atoms. The fourth-order valence-electron chi connectivity index (χ4n) is 2.89. The highest BCUT2D eigenvalue weighted by atomic mass is 127. The predicted octanol–water partition coefficient (Wildman–Crippen LogP) is 4.04. The molecule has 92 valence electrons. The molecule has 0 radical (unpaired) electrons. The lowest BCUT2D eigenvalue weighted by molar-refractivity contribution is -0.405. The van der Waals surface area contributed by atoms with Crippen molar-refractivity contribution in [3.8, 4) is 0 Å². The van der Waals surface area contributed by atoms with Gasteiger partial charge in [-0.15, -0.1) is 0 Å². The SMILES string of the molecule is Cc1cccc2c3ccccc3n3cc[n+](I)c3c12. The highest BCUT2D eigenvalue weighted by Crippen LogP contribution is 2.30. The predicted molar refractivity (Wildman–Crippen MR) is 86.8 cm³/mol. The summed E-state index contributed by atoms with van der Waals surface area (Å²) in [6, 6.07) is 15.1. The summed E-state index contributed by atoms with van der Waals surface area (Å²) in [6.07, 6.45) is 4.24. The number of imidazole rings is 1. The van der Waals surface area contributed by atoms with Crippen LogP contribution >= 0.6 is 22.9 Å². The number of pyridine rings is 1. The number of nitrogens with zero attached hydrogens (tertiary/aromatic N) is 2. The van der Waals surface area contributed by atoms with Crippen LogP contribution in [0.15, 0.2) is 54.9 Å². The Morgan fingerprint density at radius 3 is 2.68 bits per heavy atom. The number of para-hydroxylation sites is 1. The fourth-order valence-corrected chi connectivity index (χ4v) is 3.51. The Morgan fingerprint density at radius 1 is 1.00 bits per heavy atom. The molecule has 2 aromatic carbocycles. The van der Waals surface area contributed by atoms with Crippen LogP contribution in [-0.4, -0.2) is 4.40 Å². The monoisotopic (exact) mass is 359 g/mol. The topological polar surface area (TPSA) is 8.29 Å². The van der Waals surface area contributed by atoms with Gasteiger partial charge >= 0.3 is 5.65 Å². The molecule has 0 aliphatic rings. The number of hydrogen-bond donors (Lipinski definition) is 0. The van der Waals surface area contributed by atoms with E-state index in [1.165, 1.54) is 32.9 Å². The van der Waals surface area contributed by atoms with Crippen LogP contribution < -0.4 is 2.78 Å². The summed E-state index contributed by atoms with van der Waals surface area (Å²) in [5, 5.41) is 3.97. The Hall–Kier alpha value is -1.62. The Balaban J connectivity index is 2.49. The minimum atomic E-state index is 1.24. The molecule has 2 heterocycles. The van der Waals surface area contributed by atoms with Crippen LogP contribution in [0.3, 0.4) is 0 Å². The van der Waals surface area contributed by atoms with Gasteiger partial charge in [0.1, 0.15) is 17.9 Å². The van der Waals surface area contributed by atoms with Crippen LogP contribution in [0.5, 0.6) is 0 Å². The van der Waals surface area contributed by atoms with Crippen molar-refractivity contribution < 1.29 is 2.78 Å². The maximum absolute atomic E-state index is 2.35. The van der Waals surface area contributed by atoms with Crippen LogP contribution in [0.1, 0.15) is 5.56 Å². The van der Waals surface area contributed by atoms with Crippen molar-refractivity contribution in [3.05, 3.63) is 60.4 Å². The van der Waals surface area contributed by atoms with Crippen molar-refractivity contribution in [2.45, 2.75) is 6.92 Å². The van der Waals surface area contributed by atoms with E-state index in [1.54, 1.807) is 0 Å². The molecule has 19 heavy (non-hydrogen) atoms. The molecular formula is C16H12IN2+. The van der Waals surface area contributed by atoms with Gasteiger partial charge in [0, 0.05) is 10.8 Å². The Kier molecular flexibility index (Phi) is 2.33. The quantitative estimate of drug-likeness (QED) is 0.331. The van der Waals surface area contributed by atoms with Gasteiger partial charge in [0.05, 0.1) is 5.39 Å². The zero-order valence-electron chi connectivity index (χ0n) is 10.5. The molecule has 0 aliphatic carbocycles. The lowest BCUT2D eigenvalue weighted by atomic mass is 10.0. The standard InChI is InChI=1S/C16H12IN2/c1-11-5-4-7-13-12-6-2-3-8-14(12)18-9-10-19(17)16(18)15(11)13/h2-10H,1H3/q+1. The molecule has 3 heteroatoms. The lowest BCUT2D eigenvalue weighted by Crippen LogP contribution is -2.16. The van der Waals surface area contributed by atoms with E-state index in [0.717, 1.165) is 0 Å². The summed E-state index contributed by atoms with van der Waals surface area (Å²) < 4.78 is 4.44. The van der Waals surface area contributed by atoms with Crippen LogP contribution in [0, 0.1) is 6.92 Å². The number of aromatic nitrogens is 2. The third-order valence-electron chi connectivity index (χ3n) is 3.73. The van der Waals surface area contributed by atoms with E-state index in [9.17, 15) is 0 Å². The average molecular weight is 359 g/mol. The van der Waals surface area contributed by atoms with Crippen molar-refractivity contribution in [2.75, 3.05) is 0 Å². The van der Waals surface area contributed by atoms with Crippen molar-refractivity contribution in [1.29, 1.82) is 0 Å². The first-order valence-corrected chi connectivity index (χ1v) is 7.23. The molecule has 0 amide bonds. The van der Waals surface area contributed by atoms with Crippen LogP contribution in [0.2, 0.25) is 0 Å². The number of benzene rings is 2. The molecule has 4 rings (SSSR count). The first-order valence-electron chi connectivity index (χ1n) is 6.26. The first-order chi connectivity index (χ1) is 9.27. The second-order valence-corrected chi connectivity index (χ2v) is 5.86. The van der Waals surface area contributed by atoms with Gasteiger partial charge in [0.2, 0.25) is 22.9 Å². The van der Waals surface area contributed by atoms with Crippen molar-refractivity contribution in [1.82, 2.24) is 4.40 Å². The van der Waals surface area contributed by atoms with Gasteiger partial charge in [0.15, 0.2) is 0 Å². The van der Waals surface area contributed by atoms with Gasteiger partial charge in [-0.25, -0.2) is 0 Å². The number of fused-ring (bicyclic) bond motifs is 6. The van der Waals surface area contributed by atoms with Gasteiger partial charge in [-0.05, 0) is 18.6 Å². The molecule has 0 saturated heterocycles. The minimum Gasteiger partial charge on any atom is -0.194 e. The zero-order valence-corrected chi connectivity index (χ0v) is 12.6. The smallest absolute Gasteiger partial charge is 0.194 e. The molecule has 0 fully saturated rings. The molecule has 2 aromatic heterocycles. The van der Waals surface area contributed by atoms with Crippen molar-refractivity contribution in [2.24, 2.45) is 0 Å². The molecule has 0 atom stereocenters. The maximum atomic E-state index is 2.35. The van der Waals surface area contributed by atoms with Crippen molar-refractivity contribution >= 4 is 50.2 Å². The molecule has 0 aliphatic heterocycles. The molecule has 2 nitrogen and oxygen atoms in total. The number of halogens is 1. The second kappa shape index (κ2) is 3.93. The summed E-state index contributed by atoms with van der Waals surface area (Å²) in [4.78, 5) is 0. The molecule has 4 aromatic rings. The second-order valence-electron chi connectivity index (χ2n) is 4.82. The summed E-state index contributed by atoms with van der Waals surface area (Å²) in [7, 11) is 0. The normalized spacial score (nSPS) is 11.7. The Labute approximate surface area is 124 Å². The largest absolute Gasteiger partial charge is 0.303 e. The van der Waals surface area contributed by atoms with Gasteiger partial charge in [-0.3, -0.25) is 0 Å². The third kappa shape index (κ3) is 1.45. The van der Waals surface area contributed by atoms with E-state index in [4.69, 9.17) is 0 Å². The molecule has 0 N–H and O–H groups in total. The number of aryl methyl sites for hydroxylation is 1. The highest BCUT2D eigenvalue weighted by Gasteiger charge is 2.18. The average Bonchev–Trinajstić information content (AvgIpc) is 2.82. The van der Waals surface area contributed by atoms with Crippen LogP contribution in [-0.2, 0) is 0 Å². The molecule has 0 unspecified atom stereocenters. The van der Waals surface area contributed by atoms with Crippen LogP contribution in [0.25, 0.3) is 27.3 Å². The van der Waals surface area contributed by atoms with E-state index in [0.29, 0.717) is 0 Å². The lowest BCUT2D eigenvalue weighted by Gasteiger charge is -2.05. The summed E-state index contributed by atoms with van der Waals surface area (Å²) >= 11 is 2.35. The maximum Gasteiger partial charge on any atom is 0.303 e. The number of hydrogen-bond acceptors (Lipinski definition) is 0. The number of rotatable bonds is 0. The van der Waals surface area contributed by atoms with Gasteiger partial charge in [-0.1, -0.05) is 36.4 Å². The minimum absolute atomic E-state index is 1.24. The Bertz CT molecular complexity index is 938. The van der Waals surface area contributed by atoms with E-state index >= 15 is 0 Å². The van der Waals surface area contributed by atoms with Gasteiger partial charge in [0.25, 0.3) is 0 Å². The van der Waals surface area contributed by atoms with E-state index in [2.05, 4.69) is 91.8 Å². The van der Waals surface area contributed by atoms with E-state index in [-0.39, 0.29) is 0 Å². The van der Waals surface area contributed by atoms with Gasteiger partial charge in [-0.2, -0.15) is 7.18 Å². The molecular weight excluding hydrogens is 347 g/mol. The summed E-state index contributed by atoms with van der Waals surface area (Å²) in [5.41, 5.74) is 3.82. The van der Waals surface area contributed by atoms with E-state index in [1.807, 2.05) is 0 Å². The first kappa shape index (κ1) is 11.2. The van der Waals surface area contributed by atoms with Gasteiger partial charge < -0.3 is 0 Å². The third-order valence-corrected chi connectivity index (χ3v) is 4.51. The van der Waals surface area contributed by atoms with Crippen LogP contribution in [0.4, 0.5) is 0 Å². The molecule has 0 saturated carbocycles.